The number of benzene rings is 1. The van der Waals surface area contributed by atoms with Crippen LogP contribution in [0.5, 0.6) is 5.88 Å². The quantitative estimate of drug-likeness (QED) is 0.727. The third kappa shape index (κ3) is 3.65. The van der Waals surface area contributed by atoms with Crippen molar-refractivity contribution in [3.8, 4) is 18.2 Å². The SMILES string of the molecule is C#CCOc1cnc(/C(F)=C/c2ccc(F)c([C@@]3(C)N=C(N)S[C@@]4(C)C[C@H]43)c2)cn1. The molecule has 0 radical (unpaired) electrons. The van der Waals surface area contributed by atoms with E-state index in [2.05, 4.69) is 27.8 Å². The Balaban J connectivity index is 1.64. The number of halogens is 2. The zero-order valence-electron chi connectivity index (χ0n) is 16.5. The largest absolute Gasteiger partial charge is 0.463 e. The maximum Gasteiger partial charge on any atom is 0.233 e. The topological polar surface area (TPSA) is 73.4 Å². The molecule has 0 spiro atoms. The number of aliphatic imine (C=N–C) groups is 1. The monoisotopic (exact) mass is 426 g/mol. The summed E-state index contributed by atoms with van der Waals surface area (Å²) >= 11 is 1.54. The van der Waals surface area contributed by atoms with E-state index in [-0.39, 0.29) is 34.7 Å². The van der Waals surface area contributed by atoms with E-state index in [1.807, 2.05) is 6.92 Å². The van der Waals surface area contributed by atoms with Gasteiger partial charge in [0.1, 0.15) is 11.5 Å². The fourth-order valence-electron chi connectivity index (χ4n) is 3.94. The van der Waals surface area contributed by atoms with Crippen LogP contribution in [-0.4, -0.2) is 26.5 Å². The number of rotatable bonds is 5. The first-order valence-corrected chi connectivity index (χ1v) is 10.2. The van der Waals surface area contributed by atoms with Crippen molar-refractivity contribution < 1.29 is 13.5 Å². The minimum absolute atomic E-state index is 0.0336. The van der Waals surface area contributed by atoms with Gasteiger partial charge in [0.05, 0.1) is 17.9 Å². The lowest BCUT2D eigenvalue weighted by Crippen LogP contribution is -2.34. The molecule has 2 aromatic rings. The number of terminal acetylenes is 1. The molecule has 1 fully saturated rings. The molecule has 4 rings (SSSR count). The van der Waals surface area contributed by atoms with Gasteiger partial charge in [0, 0.05) is 16.2 Å². The minimum Gasteiger partial charge on any atom is -0.463 e. The second kappa shape index (κ2) is 7.40. The highest BCUT2D eigenvalue weighted by atomic mass is 32.2. The van der Waals surface area contributed by atoms with Crippen molar-refractivity contribution in [3.05, 3.63) is 53.2 Å². The van der Waals surface area contributed by atoms with Crippen LogP contribution in [-0.2, 0) is 5.54 Å². The maximum atomic E-state index is 14.8. The molecule has 0 bridgehead atoms. The molecule has 0 unspecified atom stereocenters. The van der Waals surface area contributed by atoms with Crippen LogP contribution < -0.4 is 10.5 Å². The van der Waals surface area contributed by atoms with Crippen molar-refractivity contribution >= 4 is 28.8 Å². The summed E-state index contributed by atoms with van der Waals surface area (Å²) in [7, 11) is 0. The van der Waals surface area contributed by atoms with Crippen molar-refractivity contribution in [1.29, 1.82) is 0 Å². The Hall–Kier alpha value is -2.92. The van der Waals surface area contributed by atoms with Crippen LogP contribution in [0.1, 0.15) is 37.1 Å². The Morgan fingerprint density at radius 2 is 2.20 bits per heavy atom. The highest BCUT2D eigenvalue weighted by Gasteiger charge is 2.63. The number of amidine groups is 1. The molecular weight excluding hydrogens is 406 g/mol. The fraction of sp³-hybridized carbons (Fsp3) is 0.318. The van der Waals surface area contributed by atoms with Gasteiger partial charge in [-0.25, -0.2) is 18.7 Å². The Kier molecular flexibility index (Phi) is 5.02. The van der Waals surface area contributed by atoms with Gasteiger partial charge in [-0.05, 0) is 44.0 Å². The average Bonchev–Trinajstić information content (AvgIpc) is 3.40. The van der Waals surface area contributed by atoms with E-state index in [0.717, 1.165) is 6.42 Å². The van der Waals surface area contributed by atoms with Gasteiger partial charge in [0.15, 0.2) is 17.6 Å². The Bertz CT molecular complexity index is 1100. The van der Waals surface area contributed by atoms with E-state index in [9.17, 15) is 8.78 Å². The molecule has 2 N–H and O–H groups in total. The lowest BCUT2D eigenvalue weighted by atomic mass is 9.85. The molecule has 1 aromatic heterocycles. The molecule has 30 heavy (non-hydrogen) atoms. The molecule has 2 heterocycles. The summed E-state index contributed by atoms with van der Waals surface area (Å²) in [4.78, 5) is 12.5. The highest BCUT2D eigenvalue weighted by Crippen LogP contribution is 2.65. The van der Waals surface area contributed by atoms with E-state index >= 15 is 0 Å². The van der Waals surface area contributed by atoms with Crippen molar-refractivity contribution in [2.24, 2.45) is 16.6 Å². The van der Waals surface area contributed by atoms with Crippen LogP contribution in [0.2, 0.25) is 0 Å². The number of nitrogens with two attached hydrogens (primary N) is 1. The lowest BCUT2D eigenvalue weighted by Gasteiger charge is -2.33. The molecule has 1 aliphatic heterocycles. The summed E-state index contributed by atoms with van der Waals surface area (Å²) in [6, 6.07) is 4.46. The predicted molar refractivity (Wildman–Crippen MR) is 115 cm³/mol. The molecule has 5 nitrogen and oxygen atoms in total. The van der Waals surface area contributed by atoms with Crippen molar-refractivity contribution in [2.75, 3.05) is 6.61 Å². The zero-order valence-corrected chi connectivity index (χ0v) is 17.3. The normalized spacial score (nSPS) is 27.6. The van der Waals surface area contributed by atoms with E-state index in [1.165, 1.54) is 42.4 Å². The zero-order chi connectivity index (χ0) is 21.5. The van der Waals surface area contributed by atoms with Gasteiger partial charge < -0.3 is 10.5 Å². The van der Waals surface area contributed by atoms with Gasteiger partial charge in [0.2, 0.25) is 5.88 Å². The summed E-state index contributed by atoms with van der Waals surface area (Å²) in [6.45, 7) is 4.05. The first-order chi connectivity index (χ1) is 14.2. The Morgan fingerprint density at radius 1 is 1.40 bits per heavy atom. The van der Waals surface area contributed by atoms with Crippen LogP contribution in [0.15, 0.2) is 35.6 Å². The summed E-state index contributed by atoms with van der Waals surface area (Å²) in [6.07, 6.45) is 9.85. The minimum atomic E-state index is -0.787. The summed E-state index contributed by atoms with van der Waals surface area (Å²) in [5, 5.41) is 0.447. The highest BCUT2D eigenvalue weighted by molar-refractivity contribution is 8.15. The summed E-state index contributed by atoms with van der Waals surface area (Å²) < 4.78 is 34.6. The standard InChI is InChI=1S/C22H20F2N4OS/c1-4-7-29-19-12-26-17(11-27-19)16(24)9-13-5-6-15(23)14(8-13)22(3)18-10-21(18,2)30-20(25)28-22/h1,5-6,8-9,11-12,18H,7,10H2,2-3H3,(H2,25,28)/b16-9-/t18-,21+,22-/m1/s1. The number of ether oxygens (including phenoxy) is 1. The number of hydrogen-bond acceptors (Lipinski definition) is 6. The maximum absolute atomic E-state index is 14.8. The first-order valence-electron chi connectivity index (χ1n) is 9.35. The van der Waals surface area contributed by atoms with Crippen LogP contribution >= 0.6 is 11.8 Å². The molecule has 1 saturated carbocycles. The van der Waals surface area contributed by atoms with E-state index < -0.39 is 11.4 Å². The van der Waals surface area contributed by atoms with Crippen LogP contribution in [0.25, 0.3) is 11.9 Å². The van der Waals surface area contributed by atoms with E-state index in [4.69, 9.17) is 16.9 Å². The van der Waals surface area contributed by atoms with Crippen LogP contribution in [0.3, 0.4) is 0 Å². The third-order valence-electron chi connectivity index (χ3n) is 5.55. The molecule has 8 heteroatoms. The number of nitrogens with zero attached hydrogens (tertiary/aromatic N) is 3. The third-order valence-corrected chi connectivity index (χ3v) is 6.77. The van der Waals surface area contributed by atoms with Gasteiger partial charge in [0.25, 0.3) is 0 Å². The molecule has 154 valence electrons. The number of thioether (sulfide) groups is 1. The second-order valence-corrected chi connectivity index (χ2v) is 9.29. The molecular formula is C22H20F2N4OS. The van der Waals surface area contributed by atoms with Gasteiger partial charge >= 0.3 is 0 Å². The Morgan fingerprint density at radius 3 is 2.90 bits per heavy atom. The van der Waals surface area contributed by atoms with E-state index in [1.54, 1.807) is 6.07 Å². The number of fused-ring (bicyclic) bond motifs is 1. The summed E-state index contributed by atoms with van der Waals surface area (Å²) in [5.41, 5.74) is 6.17. The first kappa shape index (κ1) is 20.4. The van der Waals surface area contributed by atoms with Crippen molar-refractivity contribution in [1.82, 2.24) is 9.97 Å². The molecule has 3 atom stereocenters. The molecule has 0 saturated heterocycles. The predicted octanol–water partition coefficient (Wildman–Crippen LogP) is 4.15. The van der Waals surface area contributed by atoms with Crippen molar-refractivity contribution in [3.63, 3.8) is 0 Å². The smallest absolute Gasteiger partial charge is 0.233 e. The summed E-state index contributed by atoms with van der Waals surface area (Å²) in [5.74, 6) is 1.70. The molecule has 2 aliphatic rings. The fourth-order valence-corrected chi connectivity index (χ4v) is 5.27. The number of aromatic nitrogens is 2. The number of hydrogen-bond donors (Lipinski definition) is 1. The average molecular weight is 426 g/mol. The van der Waals surface area contributed by atoms with Crippen molar-refractivity contribution in [2.45, 2.75) is 30.6 Å². The van der Waals surface area contributed by atoms with Gasteiger partial charge in [-0.15, -0.1) is 6.42 Å². The van der Waals surface area contributed by atoms with Gasteiger partial charge in [-0.3, -0.25) is 4.99 Å². The lowest BCUT2D eigenvalue weighted by molar-refractivity contribution is 0.353. The second-order valence-electron chi connectivity index (χ2n) is 7.73. The van der Waals surface area contributed by atoms with Crippen LogP contribution in [0, 0.1) is 24.1 Å². The molecule has 1 aliphatic carbocycles. The van der Waals surface area contributed by atoms with Crippen LogP contribution in [0.4, 0.5) is 8.78 Å². The van der Waals surface area contributed by atoms with Gasteiger partial charge in [-0.2, -0.15) is 0 Å². The molecule has 1 aromatic carbocycles. The van der Waals surface area contributed by atoms with E-state index in [0.29, 0.717) is 16.3 Å². The molecule has 0 amide bonds. The Labute approximate surface area is 177 Å². The van der Waals surface area contributed by atoms with Gasteiger partial charge in [-0.1, -0.05) is 23.7 Å².